The molecule has 3 heteroatoms. The molecule has 0 aliphatic carbocycles. The van der Waals surface area contributed by atoms with E-state index < -0.39 is 0 Å². The van der Waals surface area contributed by atoms with E-state index in [1.165, 1.54) is 20.9 Å². The zero-order chi connectivity index (χ0) is 10.8. The number of ether oxygens (including phenoxy) is 1. The average Bonchev–Trinajstić information content (AvgIpc) is 2.58. The predicted octanol–water partition coefficient (Wildman–Crippen LogP) is 0.845. The molecule has 16 heavy (non-hydrogen) atoms. The van der Waals surface area contributed by atoms with Crippen LogP contribution in [0.5, 0.6) is 5.75 Å². The minimum absolute atomic E-state index is 0. The summed E-state index contributed by atoms with van der Waals surface area (Å²) in [5.41, 5.74) is 2.46. The summed E-state index contributed by atoms with van der Waals surface area (Å²) in [5, 5.41) is 0. The SMILES string of the molecule is COc1ccc(-c2sc(C)[c-]c2C)cc1.[Li+]. The Morgan fingerprint density at radius 1 is 1.12 bits per heavy atom. The molecular formula is C13H13LiOS. The Bertz CT molecular complexity index is 459. The molecule has 0 unspecified atom stereocenters. The number of rotatable bonds is 2. The van der Waals surface area contributed by atoms with Gasteiger partial charge in [0.15, 0.2) is 0 Å². The van der Waals surface area contributed by atoms with Crippen LogP contribution in [0.4, 0.5) is 0 Å². The molecule has 0 saturated carbocycles. The molecule has 1 heterocycles. The molecular weight excluding hydrogens is 211 g/mol. The molecule has 0 radical (unpaired) electrons. The third-order valence-corrected chi connectivity index (χ3v) is 3.47. The Balaban J connectivity index is 0.00000128. The molecule has 0 aliphatic heterocycles. The zero-order valence-corrected chi connectivity index (χ0v) is 10.9. The van der Waals surface area contributed by atoms with E-state index in [1.807, 2.05) is 12.1 Å². The third-order valence-electron chi connectivity index (χ3n) is 2.31. The van der Waals surface area contributed by atoms with Crippen molar-refractivity contribution in [1.29, 1.82) is 0 Å². The van der Waals surface area contributed by atoms with Gasteiger partial charge in [-0.15, -0.1) is 9.75 Å². The fourth-order valence-corrected chi connectivity index (χ4v) is 2.56. The van der Waals surface area contributed by atoms with Crippen molar-refractivity contribution < 1.29 is 23.6 Å². The first kappa shape index (κ1) is 13.4. The Hall–Kier alpha value is -0.683. The topological polar surface area (TPSA) is 9.23 Å². The van der Waals surface area contributed by atoms with Gasteiger partial charge >= 0.3 is 18.9 Å². The van der Waals surface area contributed by atoms with Crippen molar-refractivity contribution in [3.63, 3.8) is 0 Å². The minimum atomic E-state index is 0. The van der Waals surface area contributed by atoms with Crippen LogP contribution in [0.25, 0.3) is 10.4 Å². The van der Waals surface area contributed by atoms with Crippen LogP contribution in [0, 0.1) is 19.9 Å². The molecule has 0 fully saturated rings. The first-order valence-corrected chi connectivity index (χ1v) is 5.66. The summed E-state index contributed by atoms with van der Waals surface area (Å²) in [7, 11) is 1.68. The summed E-state index contributed by atoms with van der Waals surface area (Å²) in [6.07, 6.45) is 0. The molecule has 1 aromatic heterocycles. The number of hydrogen-bond donors (Lipinski definition) is 0. The second kappa shape index (κ2) is 5.59. The molecule has 1 aromatic carbocycles. The second-order valence-corrected chi connectivity index (χ2v) is 4.69. The molecule has 0 bridgehead atoms. The van der Waals surface area contributed by atoms with Crippen molar-refractivity contribution in [2.24, 2.45) is 0 Å². The number of thiophene rings is 1. The molecule has 2 aromatic rings. The van der Waals surface area contributed by atoms with E-state index in [2.05, 4.69) is 32.0 Å². The Kier molecular flexibility index (Phi) is 4.67. The molecule has 2 rings (SSSR count). The van der Waals surface area contributed by atoms with Gasteiger partial charge in [-0.2, -0.15) is 0 Å². The van der Waals surface area contributed by atoms with Gasteiger partial charge in [0.1, 0.15) is 5.75 Å². The first-order chi connectivity index (χ1) is 7.20. The Morgan fingerprint density at radius 2 is 1.75 bits per heavy atom. The van der Waals surface area contributed by atoms with Crippen LogP contribution in [-0.2, 0) is 0 Å². The van der Waals surface area contributed by atoms with Crippen molar-refractivity contribution in [3.05, 3.63) is 40.8 Å². The van der Waals surface area contributed by atoms with Crippen LogP contribution in [-0.4, -0.2) is 7.11 Å². The number of benzene rings is 1. The van der Waals surface area contributed by atoms with E-state index in [4.69, 9.17) is 4.74 Å². The fourth-order valence-electron chi connectivity index (χ4n) is 1.59. The van der Waals surface area contributed by atoms with Crippen LogP contribution < -0.4 is 23.6 Å². The van der Waals surface area contributed by atoms with E-state index in [-0.39, 0.29) is 18.9 Å². The van der Waals surface area contributed by atoms with E-state index in [0.29, 0.717) is 0 Å². The van der Waals surface area contributed by atoms with Gasteiger partial charge in [0, 0.05) is 0 Å². The quantitative estimate of drug-likeness (QED) is 0.542. The molecule has 0 saturated heterocycles. The zero-order valence-electron chi connectivity index (χ0n) is 10.1. The summed E-state index contributed by atoms with van der Waals surface area (Å²) in [6, 6.07) is 11.5. The van der Waals surface area contributed by atoms with Crippen molar-refractivity contribution in [2.45, 2.75) is 13.8 Å². The monoisotopic (exact) mass is 224 g/mol. The first-order valence-electron chi connectivity index (χ1n) is 4.84. The average molecular weight is 224 g/mol. The molecule has 1 nitrogen and oxygen atoms in total. The second-order valence-electron chi connectivity index (χ2n) is 3.47. The van der Waals surface area contributed by atoms with Gasteiger partial charge in [-0.1, -0.05) is 24.6 Å². The van der Waals surface area contributed by atoms with Crippen LogP contribution in [0.2, 0.25) is 0 Å². The maximum absolute atomic E-state index is 5.14. The van der Waals surface area contributed by atoms with Crippen molar-refractivity contribution in [2.75, 3.05) is 7.11 Å². The van der Waals surface area contributed by atoms with E-state index in [9.17, 15) is 0 Å². The van der Waals surface area contributed by atoms with Gasteiger partial charge in [0.05, 0.1) is 7.11 Å². The van der Waals surface area contributed by atoms with Crippen molar-refractivity contribution in [1.82, 2.24) is 0 Å². The van der Waals surface area contributed by atoms with Gasteiger partial charge in [-0.3, -0.25) is 11.3 Å². The summed E-state index contributed by atoms with van der Waals surface area (Å²) < 4.78 is 5.14. The van der Waals surface area contributed by atoms with E-state index in [0.717, 1.165) is 5.75 Å². The van der Waals surface area contributed by atoms with Crippen LogP contribution in [0.15, 0.2) is 24.3 Å². The standard InChI is InChI=1S/C13H13OS.Li/c1-9-8-10(2)15-13(9)11-4-6-12(14-3)7-5-11;/h4-7H,1-3H3;/q-1;+1. The molecule has 0 amide bonds. The maximum Gasteiger partial charge on any atom is 1.00 e. The van der Waals surface area contributed by atoms with Gasteiger partial charge in [-0.05, 0) is 19.1 Å². The smallest absolute Gasteiger partial charge is 0.497 e. The number of aryl methyl sites for hydroxylation is 2. The van der Waals surface area contributed by atoms with Crippen LogP contribution in [0.1, 0.15) is 10.4 Å². The van der Waals surface area contributed by atoms with Crippen LogP contribution >= 0.6 is 11.3 Å². The summed E-state index contributed by atoms with van der Waals surface area (Å²) >= 11 is 1.78. The molecule has 0 spiro atoms. The van der Waals surface area contributed by atoms with Gasteiger partial charge < -0.3 is 4.74 Å². The minimum Gasteiger partial charge on any atom is -0.497 e. The number of methoxy groups -OCH3 is 1. The summed E-state index contributed by atoms with van der Waals surface area (Å²) in [6.45, 7) is 4.19. The third kappa shape index (κ3) is 2.71. The van der Waals surface area contributed by atoms with Gasteiger partial charge in [-0.25, -0.2) is 11.6 Å². The van der Waals surface area contributed by atoms with Crippen molar-refractivity contribution in [3.8, 4) is 16.2 Å². The molecule has 0 aliphatic rings. The van der Waals surface area contributed by atoms with Crippen LogP contribution in [0.3, 0.4) is 0 Å². The summed E-state index contributed by atoms with van der Waals surface area (Å²) in [4.78, 5) is 2.54. The molecule has 0 atom stereocenters. The number of hydrogen-bond acceptors (Lipinski definition) is 2. The normalized spacial score (nSPS) is 9.69. The maximum atomic E-state index is 5.14. The van der Waals surface area contributed by atoms with E-state index in [1.54, 1.807) is 18.4 Å². The fraction of sp³-hybridized carbons (Fsp3) is 0.231. The predicted molar refractivity (Wildman–Crippen MR) is 64.6 cm³/mol. The van der Waals surface area contributed by atoms with Crippen molar-refractivity contribution >= 4 is 11.3 Å². The largest absolute Gasteiger partial charge is 1.00 e. The van der Waals surface area contributed by atoms with Gasteiger partial charge in [0.2, 0.25) is 0 Å². The Labute approximate surface area is 113 Å². The van der Waals surface area contributed by atoms with Gasteiger partial charge in [0.25, 0.3) is 0 Å². The summed E-state index contributed by atoms with van der Waals surface area (Å²) in [5.74, 6) is 0.897. The Morgan fingerprint density at radius 3 is 2.19 bits per heavy atom. The molecule has 0 N–H and O–H groups in total. The molecule has 78 valence electrons. The van der Waals surface area contributed by atoms with E-state index >= 15 is 0 Å².